The minimum atomic E-state index is -3.62. The highest BCUT2D eigenvalue weighted by atomic mass is 32.2. The number of nitrogens with zero attached hydrogens (tertiary/aromatic N) is 3. The lowest BCUT2D eigenvalue weighted by atomic mass is 9.94. The van der Waals surface area contributed by atoms with E-state index >= 15 is 0 Å². The molecule has 2 atom stereocenters. The third-order valence-electron chi connectivity index (χ3n) is 6.10. The summed E-state index contributed by atoms with van der Waals surface area (Å²) in [6.07, 6.45) is 1.03. The van der Waals surface area contributed by atoms with Crippen LogP contribution in [0, 0.1) is 24.6 Å². The first-order valence-corrected chi connectivity index (χ1v) is 12.3. The summed E-state index contributed by atoms with van der Waals surface area (Å²) in [5.41, 5.74) is 1.85. The highest BCUT2D eigenvalue weighted by Gasteiger charge is 2.32. The summed E-state index contributed by atoms with van der Waals surface area (Å²) in [6, 6.07) is 10.7. The van der Waals surface area contributed by atoms with Crippen molar-refractivity contribution in [3.63, 3.8) is 0 Å². The van der Waals surface area contributed by atoms with Gasteiger partial charge >= 0.3 is 0 Å². The minimum Gasteiger partial charge on any atom is -0.451 e. The van der Waals surface area contributed by atoms with Crippen LogP contribution in [0.2, 0.25) is 0 Å². The summed E-state index contributed by atoms with van der Waals surface area (Å²) < 4.78 is 52.7. The average Bonchev–Trinajstić information content (AvgIpc) is 3.38. The van der Waals surface area contributed by atoms with E-state index in [0.717, 1.165) is 6.42 Å². The lowest BCUT2D eigenvalue weighted by Crippen LogP contribution is -2.42. The number of sulfonamides is 1. The quantitative estimate of drug-likeness (QED) is 0.405. The van der Waals surface area contributed by atoms with Crippen molar-refractivity contribution in [2.24, 2.45) is 11.8 Å². The first-order valence-electron chi connectivity index (χ1n) is 10.9. The summed E-state index contributed by atoms with van der Waals surface area (Å²) in [5.74, 6) is 1.15. The van der Waals surface area contributed by atoms with Crippen molar-refractivity contribution in [2.45, 2.75) is 32.1 Å². The molecule has 172 valence electrons. The molecule has 3 heterocycles. The van der Waals surface area contributed by atoms with Gasteiger partial charge in [-0.2, -0.15) is 9.29 Å². The van der Waals surface area contributed by atoms with Crippen LogP contribution in [-0.4, -0.2) is 36.0 Å². The Bertz CT molecular complexity index is 1420. The second kappa shape index (κ2) is 8.07. The van der Waals surface area contributed by atoms with Crippen LogP contribution in [0.3, 0.4) is 0 Å². The Morgan fingerprint density at radius 1 is 1.06 bits per heavy atom. The maximum atomic E-state index is 13.3. The Balaban J connectivity index is 1.50. The molecule has 0 N–H and O–H groups in total. The van der Waals surface area contributed by atoms with Gasteiger partial charge < -0.3 is 8.94 Å². The largest absolute Gasteiger partial charge is 0.451 e. The van der Waals surface area contributed by atoms with E-state index in [4.69, 9.17) is 8.94 Å². The maximum Gasteiger partial charge on any atom is 0.294 e. The van der Waals surface area contributed by atoms with Gasteiger partial charge in [0.15, 0.2) is 5.76 Å². The molecule has 0 unspecified atom stereocenters. The molecule has 0 amide bonds. The normalized spacial score (nSPS) is 19.9. The van der Waals surface area contributed by atoms with Gasteiger partial charge in [0.25, 0.3) is 5.89 Å². The molecule has 0 bridgehead atoms. The van der Waals surface area contributed by atoms with Crippen molar-refractivity contribution < 1.29 is 21.7 Å². The monoisotopic (exact) mass is 469 g/mol. The van der Waals surface area contributed by atoms with Crippen molar-refractivity contribution in [3.05, 3.63) is 53.8 Å². The molecule has 1 aliphatic rings. The molecule has 4 aromatic rings. The smallest absolute Gasteiger partial charge is 0.294 e. The molecule has 5 rings (SSSR count). The Labute approximate surface area is 191 Å². The van der Waals surface area contributed by atoms with Gasteiger partial charge in [-0.05, 0) is 67.6 Å². The predicted octanol–water partition coefficient (Wildman–Crippen LogP) is 5.26. The van der Waals surface area contributed by atoms with Crippen LogP contribution in [0.15, 0.2) is 56.3 Å². The van der Waals surface area contributed by atoms with E-state index in [9.17, 15) is 12.8 Å². The molecular weight excluding hydrogens is 445 g/mol. The Kier molecular flexibility index (Phi) is 5.33. The highest BCUT2D eigenvalue weighted by molar-refractivity contribution is 7.89. The zero-order chi connectivity index (χ0) is 23.3. The summed E-state index contributed by atoms with van der Waals surface area (Å²) in [6.45, 7) is 7.03. The van der Waals surface area contributed by atoms with Crippen LogP contribution in [0.5, 0.6) is 0 Å². The van der Waals surface area contributed by atoms with E-state index in [1.807, 2.05) is 6.92 Å². The van der Waals surface area contributed by atoms with E-state index in [1.165, 1.54) is 12.1 Å². The van der Waals surface area contributed by atoms with Crippen molar-refractivity contribution in [1.29, 1.82) is 0 Å². The number of hydrogen-bond donors (Lipinski definition) is 0. The topological polar surface area (TPSA) is 89.4 Å². The van der Waals surface area contributed by atoms with E-state index in [-0.39, 0.29) is 16.6 Å². The van der Waals surface area contributed by atoms with Crippen LogP contribution < -0.4 is 0 Å². The van der Waals surface area contributed by atoms with E-state index in [1.54, 1.807) is 34.6 Å². The fourth-order valence-electron chi connectivity index (χ4n) is 4.55. The van der Waals surface area contributed by atoms with Crippen LogP contribution in [0.4, 0.5) is 4.39 Å². The molecule has 1 fully saturated rings. The van der Waals surface area contributed by atoms with Gasteiger partial charge in [-0.3, -0.25) is 0 Å². The molecule has 0 spiro atoms. The second-order valence-electron chi connectivity index (χ2n) is 8.91. The summed E-state index contributed by atoms with van der Waals surface area (Å²) in [5, 5.41) is 4.64. The van der Waals surface area contributed by atoms with Gasteiger partial charge in [-0.25, -0.2) is 12.8 Å². The van der Waals surface area contributed by atoms with E-state index in [0.29, 0.717) is 58.6 Å². The zero-order valence-corrected chi connectivity index (χ0v) is 19.4. The lowest BCUT2D eigenvalue weighted by molar-refractivity contribution is 0.222. The molecule has 0 radical (unpaired) electrons. The average molecular weight is 470 g/mol. The number of piperidine rings is 1. The fourth-order valence-corrected chi connectivity index (χ4v) is 6.25. The maximum absolute atomic E-state index is 13.3. The van der Waals surface area contributed by atoms with Gasteiger partial charge in [0.2, 0.25) is 15.8 Å². The number of aryl methyl sites for hydroxylation is 1. The van der Waals surface area contributed by atoms with Crippen molar-refractivity contribution in [1.82, 2.24) is 14.4 Å². The summed E-state index contributed by atoms with van der Waals surface area (Å²) in [7, 11) is -3.62. The standard InChI is InChI=1S/C24H24FN3O4S/c1-14-10-15(2)13-28(12-14)33(29,30)19-8-9-21-20(11-19)16(3)22(31-21)24-26-23(27-32-24)17-4-6-18(25)7-5-17/h4-9,11,14-15H,10,12-13H2,1-3H3/t14-,15+. The number of hydrogen-bond acceptors (Lipinski definition) is 6. The minimum absolute atomic E-state index is 0.172. The molecule has 2 aromatic carbocycles. The second-order valence-corrected chi connectivity index (χ2v) is 10.9. The van der Waals surface area contributed by atoms with Gasteiger partial charge in [0, 0.05) is 29.6 Å². The molecule has 7 nitrogen and oxygen atoms in total. The van der Waals surface area contributed by atoms with Crippen LogP contribution in [0.25, 0.3) is 34.0 Å². The molecule has 1 saturated heterocycles. The SMILES string of the molecule is Cc1c(-c2nc(-c3ccc(F)cc3)no2)oc2ccc(S(=O)(=O)N3C[C@H](C)C[C@H](C)C3)cc12. The van der Waals surface area contributed by atoms with Crippen LogP contribution >= 0.6 is 0 Å². The first kappa shape index (κ1) is 21.8. The zero-order valence-electron chi connectivity index (χ0n) is 18.6. The molecule has 33 heavy (non-hydrogen) atoms. The summed E-state index contributed by atoms with van der Waals surface area (Å²) in [4.78, 5) is 4.62. The molecule has 2 aromatic heterocycles. The van der Waals surface area contributed by atoms with Gasteiger partial charge in [-0.15, -0.1) is 0 Å². The number of rotatable bonds is 4. The number of furan rings is 1. The third kappa shape index (κ3) is 3.95. The van der Waals surface area contributed by atoms with E-state index in [2.05, 4.69) is 24.0 Å². The van der Waals surface area contributed by atoms with Crippen LogP contribution in [-0.2, 0) is 10.0 Å². The fraction of sp³-hybridized carbons (Fsp3) is 0.333. The lowest BCUT2D eigenvalue weighted by Gasteiger charge is -2.34. The van der Waals surface area contributed by atoms with Crippen LogP contribution in [0.1, 0.15) is 25.8 Å². The van der Waals surface area contributed by atoms with Crippen molar-refractivity contribution in [3.8, 4) is 23.0 Å². The van der Waals surface area contributed by atoms with Crippen molar-refractivity contribution in [2.75, 3.05) is 13.1 Å². The Morgan fingerprint density at radius 3 is 2.45 bits per heavy atom. The Hall–Kier alpha value is -3.04. The molecule has 1 aliphatic heterocycles. The molecule has 0 saturated carbocycles. The van der Waals surface area contributed by atoms with E-state index < -0.39 is 10.0 Å². The Morgan fingerprint density at radius 2 is 1.76 bits per heavy atom. The highest BCUT2D eigenvalue weighted by Crippen LogP contribution is 2.35. The summed E-state index contributed by atoms with van der Waals surface area (Å²) >= 11 is 0. The number of aromatic nitrogens is 2. The number of halogens is 1. The third-order valence-corrected chi connectivity index (χ3v) is 7.93. The van der Waals surface area contributed by atoms with Gasteiger partial charge in [0.1, 0.15) is 11.4 Å². The number of benzene rings is 2. The predicted molar refractivity (Wildman–Crippen MR) is 121 cm³/mol. The van der Waals surface area contributed by atoms with Gasteiger partial charge in [0.05, 0.1) is 4.90 Å². The molecule has 0 aliphatic carbocycles. The van der Waals surface area contributed by atoms with Gasteiger partial charge in [-0.1, -0.05) is 19.0 Å². The van der Waals surface area contributed by atoms with Crippen molar-refractivity contribution >= 4 is 21.0 Å². The molecular formula is C24H24FN3O4S. The number of fused-ring (bicyclic) bond motifs is 1. The molecule has 9 heteroatoms. The first-order chi connectivity index (χ1) is 15.7.